The van der Waals surface area contributed by atoms with Gasteiger partial charge in [0.15, 0.2) is 0 Å². The third kappa shape index (κ3) is 3.87. The summed E-state index contributed by atoms with van der Waals surface area (Å²) in [4.78, 5) is 2.54. The van der Waals surface area contributed by atoms with Gasteiger partial charge >= 0.3 is 0 Å². The molecule has 2 rings (SSSR count). The highest BCUT2D eigenvalue weighted by Crippen LogP contribution is 2.32. The second kappa shape index (κ2) is 6.44. The van der Waals surface area contributed by atoms with Crippen molar-refractivity contribution in [3.63, 3.8) is 0 Å². The van der Waals surface area contributed by atoms with Crippen LogP contribution in [0.25, 0.3) is 0 Å². The summed E-state index contributed by atoms with van der Waals surface area (Å²) in [6, 6.07) is 2.43. The van der Waals surface area contributed by atoms with Crippen molar-refractivity contribution in [2.75, 3.05) is 25.6 Å². The summed E-state index contributed by atoms with van der Waals surface area (Å²) < 4.78 is 0. The maximum absolute atomic E-state index is 3.73. The van der Waals surface area contributed by atoms with Crippen LogP contribution in [0.5, 0.6) is 0 Å². The van der Waals surface area contributed by atoms with Crippen LogP contribution >= 0.6 is 11.8 Å². The lowest BCUT2D eigenvalue weighted by atomic mass is 9.89. The summed E-state index contributed by atoms with van der Waals surface area (Å²) in [6.07, 6.45) is 9.33. The van der Waals surface area contributed by atoms with Crippen molar-refractivity contribution >= 4 is 11.8 Å². The minimum atomic E-state index is 0.725. The van der Waals surface area contributed by atoms with Crippen LogP contribution in [-0.4, -0.2) is 48.6 Å². The molecule has 2 bridgehead atoms. The average Bonchev–Trinajstić information content (AvgIpc) is 2.66. The molecule has 2 aliphatic heterocycles. The quantitative estimate of drug-likeness (QED) is 0.786. The first-order valence-electron chi connectivity index (χ1n) is 7.14. The van der Waals surface area contributed by atoms with Crippen molar-refractivity contribution in [1.29, 1.82) is 0 Å². The summed E-state index contributed by atoms with van der Waals surface area (Å²) in [5.74, 6) is 2.24. The number of thioether (sulfide) groups is 1. The van der Waals surface area contributed by atoms with Gasteiger partial charge in [0, 0.05) is 23.9 Å². The Morgan fingerprint density at radius 1 is 1.29 bits per heavy atom. The maximum atomic E-state index is 3.73. The second-order valence-corrected chi connectivity index (χ2v) is 6.96. The topological polar surface area (TPSA) is 15.3 Å². The Morgan fingerprint density at radius 2 is 1.94 bits per heavy atom. The number of piperidine rings is 1. The number of nitrogens with one attached hydrogen (secondary N) is 1. The Kier molecular flexibility index (Phi) is 5.19. The van der Waals surface area contributed by atoms with E-state index in [0.717, 1.165) is 24.0 Å². The molecule has 1 N–H and O–H groups in total. The van der Waals surface area contributed by atoms with E-state index in [9.17, 15) is 0 Å². The Balaban J connectivity index is 1.67. The Bertz CT molecular complexity index is 222. The number of hydrogen-bond donors (Lipinski definition) is 1. The molecule has 2 heterocycles. The maximum Gasteiger partial charge on any atom is 0.0154 e. The van der Waals surface area contributed by atoms with Crippen molar-refractivity contribution in [1.82, 2.24) is 10.2 Å². The zero-order valence-corrected chi connectivity index (χ0v) is 12.4. The first-order valence-corrected chi connectivity index (χ1v) is 8.53. The predicted octanol–water partition coefficient (Wildman–Crippen LogP) is 2.59. The lowest BCUT2D eigenvalue weighted by Gasteiger charge is -2.31. The van der Waals surface area contributed by atoms with E-state index < -0.39 is 0 Å². The van der Waals surface area contributed by atoms with Crippen LogP contribution in [0.15, 0.2) is 0 Å². The fraction of sp³-hybridized carbons (Fsp3) is 1.00. The lowest BCUT2D eigenvalue weighted by molar-refractivity contribution is 0.219. The largest absolute Gasteiger partial charge is 0.311 e. The molecule has 0 aromatic carbocycles. The van der Waals surface area contributed by atoms with E-state index in [1.807, 2.05) is 11.8 Å². The standard InChI is InChI=1S/C14H28N2S/c1-11(10-17-3)16(2)7-6-12-8-13-4-5-14(9-12)15-13/h11-15H,4-10H2,1-3H3. The van der Waals surface area contributed by atoms with Crippen LogP contribution in [0.1, 0.15) is 39.0 Å². The van der Waals surface area contributed by atoms with Crippen LogP contribution in [0.3, 0.4) is 0 Å². The van der Waals surface area contributed by atoms with Gasteiger partial charge in [-0.2, -0.15) is 11.8 Å². The molecule has 2 saturated heterocycles. The number of fused-ring (bicyclic) bond motifs is 2. The zero-order valence-electron chi connectivity index (χ0n) is 11.6. The van der Waals surface area contributed by atoms with Gasteiger partial charge in [-0.1, -0.05) is 0 Å². The normalized spacial score (nSPS) is 34.2. The minimum Gasteiger partial charge on any atom is -0.311 e. The van der Waals surface area contributed by atoms with Crippen LogP contribution in [-0.2, 0) is 0 Å². The molecule has 100 valence electrons. The van der Waals surface area contributed by atoms with Crippen molar-refractivity contribution in [2.45, 2.75) is 57.2 Å². The highest BCUT2D eigenvalue weighted by atomic mass is 32.2. The number of hydrogen-bond acceptors (Lipinski definition) is 3. The van der Waals surface area contributed by atoms with E-state index >= 15 is 0 Å². The molecule has 0 spiro atoms. The summed E-state index contributed by atoms with van der Waals surface area (Å²) in [5, 5.41) is 3.73. The van der Waals surface area contributed by atoms with Gasteiger partial charge < -0.3 is 10.2 Å². The molecule has 0 amide bonds. The molecule has 2 aliphatic rings. The highest BCUT2D eigenvalue weighted by molar-refractivity contribution is 7.98. The van der Waals surface area contributed by atoms with E-state index in [4.69, 9.17) is 0 Å². The fourth-order valence-corrected chi connectivity index (χ4v) is 4.12. The fourth-order valence-electron chi connectivity index (χ4n) is 3.39. The first-order chi connectivity index (χ1) is 8.19. The molecule has 2 nitrogen and oxygen atoms in total. The van der Waals surface area contributed by atoms with E-state index in [0.29, 0.717) is 0 Å². The van der Waals surface area contributed by atoms with Gasteiger partial charge in [-0.3, -0.25) is 0 Å². The third-order valence-electron chi connectivity index (χ3n) is 4.62. The molecule has 0 radical (unpaired) electrons. The Labute approximate surface area is 111 Å². The summed E-state index contributed by atoms with van der Waals surface area (Å²) in [5.41, 5.74) is 0. The molecular formula is C14H28N2S. The Morgan fingerprint density at radius 3 is 2.53 bits per heavy atom. The molecule has 0 aliphatic carbocycles. The van der Waals surface area contributed by atoms with Crippen molar-refractivity contribution in [2.24, 2.45) is 5.92 Å². The minimum absolute atomic E-state index is 0.725. The number of rotatable bonds is 6. The van der Waals surface area contributed by atoms with Gasteiger partial charge in [0.25, 0.3) is 0 Å². The molecule has 3 heteroatoms. The molecule has 3 atom stereocenters. The van der Waals surface area contributed by atoms with Crippen LogP contribution < -0.4 is 5.32 Å². The van der Waals surface area contributed by atoms with Crippen LogP contribution in [0, 0.1) is 5.92 Å². The van der Waals surface area contributed by atoms with Gasteiger partial charge in [0.1, 0.15) is 0 Å². The molecule has 0 aromatic rings. The average molecular weight is 256 g/mol. The van der Waals surface area contributed by atoms with Gasteiger partial charge in [-0.05, 0) is 64.8 Å². The van der Waals surface area contributed by atoms with Crippen molar-refractivity contribution < 1.29 is 0 Å². The van der Waals surface area contributed by atoms with Crippen molar-refractivity contribution in [3.05, 3.63) is 0 Å². The van der Waals surface area contributed by atoms with E-state index in [1.165, 1.54) is 44.4 Å². The van der Waals surface area contributed by atoms with E-state index in [-0.39, 0.29) is 0 Å². The summed E-state index contributed by atoms with van der Waals surface area (Å²) >= 11 is 1.96. The van der Waals surface area contributed by atoms with Crippen molar-refractivity contribution in [3.8, 4) is 0 Å². The zero-order chi connectivity index (χ0) is 12.3. The van der Waals surface area contributed by atoms with Crippen LogP contribution in [0.4, 0.5) is 0 Å². The third-order valence-corrected chi connectivity index (χ3v) is 5.44. The number of nitrogens with zero attached hydrogens (tertiary/aromatic N) is 1. The molecule has 0 saturated carbocycles. The summed E-state index contributed by atoms with van der Waals surface area (Å²) in [7, 11) is 2.29. The smallest absolute Gasteiger partial charge is 0.0154 e. The lowest BCUT2D eigenvalue weighted by Crippen LogP contribution is -2.39. The van der Waals surface area contributed by atoms with Gasteiger partial charge in [-0.15, -0.1) is 0 Å². The van der Waals surface area contributed by atoms with E-state index in [1.54, 1.807) is 0 Å². The SMILES string of the molecule is CSCC(C)N(C)CCC1CC2CCC(C1)N2. The van der Waals surface area contributed by atoms with Crippen LogP contribution in [0.2, 0.25) is 0 Å². The highest BCUT2D eigenvalue weighted by Gasteiger charge is 2.33. The van der Waals surface area contributed by atoms with Gasteiger partial charge in [0.05, 0.1) is 0 Å². The summed E-state index contributed by atoms with van der Waals surface area (Å²) in [6.45, 7) is 3.63. The molecular weight excluding hydrogens is 228 g/mol. The monoisotopic (exact) mass is 256 g/mol. The molecule has 17 heavy (non-hydrogen) atoms. The molecule has 0 aromatic heterocycles. The predicted molar refractivity (Wildman–Crippen MR) is 77.8 cm³/mol. The molecule has 3 unspecified atom stereocenters. The first kappa shape index (κ1) is 13.7. The van der Waals surface area contributed by atoms with Gasteiger partial charge in [-0.25, -0.2) is 0 Å². The second-order valence-electron chi connectivity index (χ2n) is 6.05. The Hall–Kier alpha value is 0.270. The van der Waals surface area contributed by atoms with E-state index in [2.05, 4.69) is 30.4 Å². The molecule has 2 fully saturated rings. The van der Waals surface area contributed by atoms with Gasteiger partial charge in [0.2, 0.25) is 0 Å².